The maximum atomic E-state index is 14.1. The maximum absolute atomic E-state index is 14.1. The van der Waals surface area contributed by atoms with Crippen LogP contribution in [0.15, 0.2) is 17.1 Å². The van der Waals surface area contributed by atoms with E-state index in [9.17, 15) is 18.7 Å². The quantitative estimate of drug-likeness (QED) is 0.563. The molecular weight excluding hydrogens is 287 g/mol. The van der Waals surface area contributed by atoms with Crippen LogP contribution in [0.2, 0.25) is 6.32 Å². The zero-order valence-corrected chi connectivity index (χ0v) is 11.4. The predicted octanol–water partition coefficient (Wildman–Crippen LogP) is -0.475. The number of aromatic nitrogens is 2. The molecule has 10 heteroatoms. The molecule has 1 aliphatic rings. The van der Waals surface area contributed by atoms with E-state index in [1.54, 1.807) is 0 Å². The van der Waals surface area contributed by atoms with Crippen LogP contribution in [-0.4, -0.2) is 46.9 Å². The van der Waals surface area contributed by atoms with Crippen LogP contribution in [0.5, 0.6) is 0 Å². The smallest absolute Gasteiger partial charge is 0.351 e. The highest BCUT2D eigenvalue weighted by Crippen LogP contribution is 2.42. The molecule has 1 aromatic rings. The second-order valence-electron chi connectivity index (χ2n) is 4.76. The summed E-state index contributed by atoms with van der Waals surface area (Å²) in [7, 11) is 0.367. The van der Waals surface area contributed by atoms with Crippen molar-refractivity contribution in [2.24, 2.45) is 0 Å². The highest BCUT2D eigenvalue weighted by molar-refractivity contribution is 6.26. The number of anilines is 1. The fourth-order valence-corrected chi connectivity index (χ4v) is 2.05. The van der Waals surface area contributed by atoms with Crippen molar-refractivity contribution in [3.05, 3.63) is 22.7 Å². The van der Waals surface area contributed by atoms with Crippen molar-refractivity contribution in [2.45, 2.75) is 37.6 Å². The van der Waals surface area contributed by atoms with Gasteiger partial charge in [0.15, 0.2) is 6.10 Å². The summed E-state index contributed by atoms with van der Waals surface area (Å²) in [5.41, 5.74) is 4.34. The first-order valence-corrected chi connectivity index (χ1v) is 6.51. The first-order chi connectivity index (χ1) is 9.87. The molecule has 0 aliphatic carbocycles. The van der Waals surface area contributed by atoms with Crippen molar-refractivity contribution in [2.75, 3.05) is 12.3 Å². The Bertz CT molecular complexity index is 557. The number of nitrogens with zero attached hydrogens (tertiary/aromatic N) is 2. The molecule has 0 aromatic carbocycles. The number of nitrogens with two attached hydrogens (primary N) is 1. The molecular formula is C11H16BF2N3O4. The second kappa shape index (κ2) is 6.08. The predicted molar refractivity (Wildman–Crippen MR) is 71.4 cm³/mol. The molecule has 0 bridgehead atoms. The summed E-state index contributed by atoms with van der Waals surface area (Å²) in [5, 5.41) is 9.68. The summed E-state index contributed by atoms with van der Waals surface area (Å²) < 4.78 is 39.0. The SMILES string of the molecule is CCBOC[C@H]1O[C@@H](n2ccc(N)nc2=O)C(F)(F)C1O. The van der Waals surface area contributed by atoms with Crippen LogP contribution < -0.4 is 11.4 Å². The van der Waals surface area contributed by atoms with Crippen LogP contribution in [-0.2, 0) is 9.39 Å². The lowest BCUT2D eigenvalue weighted by atomic mass is 9.97. The maximum Gasteiger partial charge on any atom is 0.351 e. The van der Waals surface area contributed by atoms with Crippen LogP contribution in [0.4, 0.5) is 14.6 Å². The van der Waals surface area contributed by atoms with Crippen LogP contribution in [0.1, 0.15) is 13.2 Å². The molecule has 7 nitrogen and oxygen atoms in total. The number of alkyl halides is 2. The molecule has 21 heavy (non-hydrogen) atoms. The molecule has 1 aliphatic heterocycles. The summed E-state index contributed by atoms with van der Waals surface area (Å²) in [5.74, 6) is -3.72. The topological polar surface area (TPSA) is 99.6 Å². The zero-order chi connectivity index (χ0) is 15.6. The minimum Gasteiger partial charge on any atom is -0.437 e. The molecule has 2 rings (SSSR count). The van der Waals surface area contributed by atoms with Gasteiger partial charge in [-0.2, -0.15) is 13.8 Å². The number of hydrogen-bond donors (Lipinski definition) is 2. The molecule has 1 aromatic heterocycles. The third kappa shape index (κ3) is 3.06. The van der Waals surface area contributed by atoms with Gasteiger partial charge in [-0.15, -0.1) is 0 Å². The van der Waals surface area contributed by atoms with Gasteiger partial charge >= 0.3 is 11.6 Å². The number of ether oxygens (including phenoxy) is 1. The van der Waals surface area contributed by atoms with Gasteiger partial charge in [0.2, 0.25) is 6.23 Å². The molecule has 3 N–H and O–H groups in total. The Labute approximate surface area is 120 Å². The van der Waals surface area contributed by atoms with Crippen molar-refractivity contribution in [3.63, 3.8) is 0 Å². The fraction of sp³-hybridized carbons (Fsp3) is 0.636. The van der Waals surface area contributed by atoms with E-state index in [4.69, 9.17) is 15.1 Å². The van der Waals surface area contributed by atoms with Gasteiger partial charge in [0.1, 0.15) is 11.9 Å². The lowest BCUT2D eigenvalue weighted by Gasteiger charge is -2.20. The van der Waals surface area contributed by atoms with Crippen LogP contribution in [0, 0.1) is 0 Å². The normalized spacial score (nSPS) is 27.7. The lowest BCUT2D eigenvalue weighted by molar-refractivity contribution is -0.140. The van der Waals surface area contributed by atoms with Crippen LogP contribution >= 0.6 is 0 Å². The van der Waals surface area contributed by atoms with E-state index in [1.165, 1.54) is 6.07 Å². The van der Waals surface area contributed by atoms with Crippen molar-refractivity contribution in [3.8, 4) is 0 Å². The number of aliphatic hydroxyl groups excluding tert-OH is 1. The largest absolute Gasteiger partial charge is 0.437 e. The van der Waals surface area contributed by atoms with Crippen molar-refractivity contribution < 1.29 is 23.3 Å². The van der Waals surface area contributed by atoms with Gasteiger partial charge in [0.05, 0.1) is 6.61 Å². The van der Waals surface area contributed by atoms with Gasteiger partial charge < -0.3 is 20.2 Å². The molecule has 0 amide bonds. The average molecular weight is 303 g/mol. The Kier molecular flexibility index (Phi) is 4.59. The Morgan fingerprint density at radius 3 is 3.00 bits per heavy atom. The van der Waals surface area contributed by atoms with Crippen molar-refractivity contribution >= 4 is 13.3 Å². The molecule has 0 saturated carbocycles. The molecule has 1 unspecified atom stereocenters. The third-order valence-electron chi connectivity index (χ3n) is 3.11. The number of hydrogen-bond acceptors (Lipinski definition) is 6. The number of halogens is 2. The Morgan fingerprint density at radius 1 is 1.67 bits per heavy atom. The van der Waals surface area contributed by atoms with Gasteiger partial charge in [-0.25, -0.2) is 4.79 Å². The minimum absolute atomic E-state index is 0.0825. The van der Waals surface area contributed by atoms with E-state index in [0.717, 1.165) is 6.20 Å². The van der Waals surface area contributed by atoms with E-state index in [1.807, 2.05) is 6.92 Å². The van der Waals surface area contributed by atoms with Gasteiger partial charge in [-0.05, 0) is 6.07 Å². The fourth-order valence-electron chi connectivity index (χ4n) is 2.05. The van der Waals surface area contributed by atoms with Gasteiger partial charge in [0, 0.05) is 6.20 Å². The number of aliphatic hydroxyl groups is 1. The van der Waals surface area contributed by atoms with E-state index in [0.29, 0.717) is 18.4 Å². The summed E-state index contributed by atoms with van der Waals surface area (Å²) in [6, 6.07) is 1.20. The van der Waals surface area contributed by atoms with Gasteiger partial charge in [-0.3, -0.25) is 4.57 Å². The van der Waals surface area contributed by atoms with Crippen LogP contribution in [0.25, 0.3) is 0 Å². The van der Waals surface area contributed by atoms with E-state index in [2.05, 4.69) is 4.98 Å². The summed E-state index contributed by atoms with van der Waals surface area (Å²) >= 11 is 0. The van der Waals surface area contributed by atoms with E-state index < -0.39 is 30.0 Å². The molecule has 2 heterocycles. The van der Waals surface area contributed by atoms with Crippen molar-refractivity contribution in [1.29, 1.82) is 0 Å². The van der Waals surface area contributed by atoms with E-state index >= 15 is 0 Å². The van der Waals surface area contributed by atoms with Gasteiger partial charge in [-0.1, -0.05) is 13.2 Å². The minimum atomic E-state index is -3.64. The molecule has 0 radical (unpaired) electrons. The number of rotatable bonds is 5. The highest BCUT2D eigenvalue weighted by atomic mass is 19.3. The average Bonchev–Trinajstić information content (AvgIpc) is 2.63. The summed E-state index contributed by atoms with van der Waals surface area (Å²) in [4.78, 5) is 15.0. The molecule has 1 fully saturated rings. The molecule has 3 atom stereocenters. The lowest BCUT2D eigenvalue weighted by Crippen LogP contribution is -2.42. The van der Waals surface area contributed by atoms with Crippen molar-refractivity contribution in [1.82, 2.24) is 9.55 Å². The van der Waals surface area contributed by atoms with Gasteiger partial charge in [0.25, 0.3) is 7.48 Å². The highest BCUT2D eigenvalue weighted by Gasteiger charge is 2.59. The van der Waals surface area contributed by atoms with Crippen LogP contribution in [0.3, 0.4) is 0 Å². The first-order valence-electron chi connectivity index (χ1n) is 6.51. The number of nitrogen functional groups attached to an aromatic ring is 1. The van der Waals surface area contributed by atoms with E-state index in [-0.39, 0.29) is 12.4 Å². The zero-order valence-electron chi connectivity index (χ0n) is 11.4. The summed E-state index contributed by atoms with van der Waals surface area (Å²) in [6.07, 6.45) is -3.46. The monoisotopic (exact) mass is 303 g/mol. The molecule has 116 valence electrons. The Balaban J connectivity index is 2.21. The molecule has 0 spiro atoms. The third-order valence-corrected chi connectivity index (χ3v) is 3.11. The Morgan fingerprint density at radius 2 is 2.38 bits per heavy atom. The standard InChI is InChI=1S/C11H16BF2N3O4/c1-2-12-20-5-6-8(18)11(13,14)9(21-6)17-4-3-7(15)16-10(17)19/h3-4,6,8-9,12,18H,2,5H2,1H3,(H2,15,16,19)/t6-,8?,9-/m1/s1. The second-order valence-corrected chi connectivity index (χ2v) is 4.76. The first kappa shape index (κ1) is 15.9. The Hall–Kier alpha value is -1.52. The molecule has 1 saturated heterocycles. The summed E-state index contributed by atoms with van der Waals surface area (Å²) in [6.45, 7) is 1.68.